The van der Waals surface area contributed by atoms with Crippen LogP contribution in [0, 0.1) is 18.4 Å². The molecule has 10 heavy (non-hydrogen) atoms. The van der Waals surface area contributed by atoms with E-state index in [0.29, 0.717) is 5.56 Å². The molecule has 0 unspecified atom stereocenters. The number of anilines is 1. The Labute approximate surface area is 60.1 Å². The van der Waals surface area contributed by atoms with Crippen LogP contribution in [-0.2, 0) is 0 Å². The SMILES string of the molecule is [CH]Nc1ccc(C#N)cc1. The Morgan fingerprint density at radius 2 is 1.90 bits per heavy atom. The normalized spacial score (nSPS) is 8.40. The van der Waals surface area contributed by atoms with Crippen LogP contribution in [0.15, 0.2) is 24.3 Å². The van der Waals surface area contributed by atoms with Crippen molar-refractivity contribution in [2.45, 2.75) is 0 Å². The average molecular weight is 130 g/mol. The molecule has 1 aromatic carbocycles. The third-order valence-electron chi connectivity index (χ3n) is 1.18. The predicted octanol–water partition coefficient (Wildman–Crippen LogP) is 1.64. The second-order valence-corrected chi connectivity index (χ2v) is 1.83. The highest BCUT2D eigenvalue weighted by Crippen LogP contribution is 2.06. The Morgan fingerprint density at radius 1 is 1.30 bits per heavy atom. The van der Waals surface area contributed by atoms with Gasteiger partial charge in [0.2, 0.25) is 0 Å². The molecule has 0 aliphatic rings. The fraction of sp³-hybridized carbons (Fsp3) is 0. The molecule has 1 aromatic rings. The van der Waals surface area contributed by atoms with Crippen LogP contribution < -0.4 is 5.32 Å². The minimum Gasteiger partial charge on any atom is -0.378 e. The first-order valence-electron chi connectivity index (χ1n) is 2.83. The van der Waals surface area contributed by atoms with Gasteiger partial charge in [0.15, 0.2) is 0 Å². The lowest BCUT2D eigenvalue weighted by atomic mass is 10.2. The van der Waals surface area contributed by atoms with E-state index in [4.69, 9.17) is 12.3 Å². The number of hydrogen-bond donors (Lipinski definition) is 1. The molecule has 0 amide bonds. The van der Waals surface area contributed by atoms with Gasteiger partial charge in [-0.2, -0.15) is 5.26 Å². The zero-order chi connectivity index (χ0) is 7.40. The van der Waals surface area contributed by atoms with Gasteiger partial charge >= 0.3 is 0 Å². The first kappa shape index (κ1) is 6.63. The minimum atomic E-state index is 0.638. The van der Waals surface area contributed by atoms with Gasteiger partial charge in [0.05, 0.1) is 18.7 Å². The molecule has 0 fully saturated rings. The predicted molar refractivity (Wildman–Crippen MR) is 39.1 cm³/mol. The summed E-state index contributed by atoms with van der Waals surface area (Å²) in [6.45, 7) is 0. The van der Waals surface area contributed by atoms with Crippen molar-refractivity contribution in [3.63, 3.8) is 0 Å². The number of nitrogens with one attached hydrogen (secondary N) is 1. The van der Waals surface area contributed by atoms with Gasteiger partial charge in [0.1, 0.15) is 0 Å². The maximum atomic E-state index is 8.40. The summed E-state index contributed by atoms with van der Waals surface area (Å²) < 4.78 is 0. The largest absolute Gasteiger partial charge is 0.378 e. The number of nitriles is 1. The van der Waals surface area contributed by atoms with E-state index in [-0.39, 0.29) is 0 Å². The molecule has 48 valence electrons. The van der Waals surface area contributed by atoms with Crippen molar-refractivity contribution in [2.75, 3.05) is 5.32 Å². The monoisotopic (exact) mass is 130 g/mol. The van der Waals surface area contributed by atoms with Crippen LogP contribution in [0.2, 0.25) is 0 Å². The molecule has 2 radical (unpaired) electrons. The van der Waals surface area contributed by atoms with Crippen molar-refractivity contribution in [1.29, 1.82) is 5.26 Å². The van der Waals surface area contributed by atoms with Gasteiger partial charge in [0, 0.05) is 5.69 Å². The Bertz CT molecular complexity index is 243. The average Bonchev–Trinajstić information content (AvgIpc) is 2.05. The van der Waals surface area contributed by atoms with E-state index < -0.39 is 0 Å². The molecule has 0 heterocycles. The van der Waals surface area contributed by atoms with E-state index in [1.807, 2.05) is 6.07 Å². The molecule has 2 heteroatoms. The number of hydrogen-bond acceptors (Lipinski definition) is 2. The molecule has 0 aromatic heterocycles. The van der Waals surface area contributed by atoms with Crippen LogP contribution in [0.3, 0.4) is 0 Å². The summed E-state index contributed by atoms with van der Waals surface area (Å²) in [6, 6.07) is 8.91. The molecular weight excluding hydrogens is 124 g/mol. The van der Waals surface area contributed by atoms with Gasteiger partial charge in [0.25, 0.3) is 0 Å². The van der Waals surface area contributed by atoms with Crippen molar-refractivity contribution >= 4 is 5.69 Å². The van der Waals surface area contributed by atoms with Crippen LogP contribution >= 0.6 is 0 Å². The number of rotatable bonds is 1. The highest BCUT2D eigenvalue weighted by molar-refractivity contribution is 5.47. The molecule has 0 spiro atoms. The van der Waals surface area contributed by atoms with Crippen molar-refractivity contribution in [1.82, 2.24) is 0 Å². The lowest BCUT2D eigenvalue weighted by Gasteiger charge is -1.95. The molecular formula is C8H6N2. The van der Waals surface area contributed by atoms with Crippen molar-refractivity contribution in [2.24, 2.45) is 0 Å². The molecule has 2 nitrogen and oxygen atoms in total. The van der Waals surface area contributed by atoms with Crippen molar-refractivity contribution in [3.05, 3.63) is 36.9 Å². The highest BCUT2D eigenvalue weighted by Gasteiger charge is 1.88. The second-order valence-electron chi connectivity index (χ2n) is 1.83. The molecule has 1 N–H and O–H groups in total. The topological polar surface area (TPSA) is 35.8 Å². The number of nitrogens with zero attached hydrogens (tertiary/aromatic N) is 1. The third-order valence-corrected chi connectivity index (χ3v) is 1.18. The summed E-state index contributed by atoms with van der Waals surface area (Å²) in [7, 11) is 5.11. The maximum absolute atomic E-state index is 8.40. The van der Waals surface area contributed by atoms with Gasteiger partial charge in [-0.15, -0.1) is 0 Å². The van der Waals surface area contributed by atoms with Gasteiger partial charge < -0.3 is 5.32 Å². The molecule has 0 saturated heterocycles. The maximum Gasteiger partial charge on any atom is 0.0991 e. The molecule has 0 bridgehead atoms. The Balaban J connectivity index is 2.93. The van der Waals surface area contributed by atoms with Gasteiger partial charge in [-0.1, -0.05) is 0 Å². The molecule has 0 saturated carbocycles. The molecule has 0 aliphatic carbocycles. The van der Waals surface area contributed by atoms with Crippen LogP contribution in [0.5, 0.6) is 0 Å². The van der Waals surface area contributed by atoms with E-state index in [1.165, 1.54) is 0 Å². The fourth-order valence-corrected chi connectivity index (χ4v) is 0.641. The zero-order valence-electron chi connectivity index (χ0n) is 5.33. The quantitative estimate of drug-likeness (QED) is 0.586. The second kappa shape index (κ2) is 2.88. The highest BCUT2D eigenvalue weighted by atomic mass is 14.8. The molecule has 0 aliphatic heterocycles. The Kier molecular flexibility index (Phi) is 1.91. The van der Waals surface area contributed by atoms with E-state index in [1.54, 1.807) is 24.3 Å². The van der Waals surface area contributed by atoms with Crippen molar-refractivity contribution < 1.29 is 0 Å². The minimum absolute atomic E-state index is 0.638. The molecule has 1 rings (SSSR count). The first-order valence-corrected chi connectivity index (χ1v) is 2.83. The summed E-state index contributed by atoms with van der Waals surface area (Å²) in [5.74, 6) is 0. The van der Waals surface area contributed by atoms with Crippen molar-refractivity contribution in [3.8, 4) is 6.07 Å². The van der Waals surface area contributed by atoms with Gasteiger partial charge in [-0.25, -0.2) is 0 Å². The molecule has 0 atom stereocenters. The lowest BCUT2D eigenvalue weighted by Crippen LogP contribution is -1.83. The summed E-state index contributed by atoms with van der Waals surface area (Å²) in [6.07, 6.45) is 0. The van der Waals surface area contributed by atoms with Crippen LogP contribution in [0.4, 0.5) is 5.69 Å². The number of benzene rings is 1. The summed E-state index contributed by atoms with van der Waals surface area (Å²) >= 11 is 0. The fourth-order valence-electron chi connectivity index (χ4n) is 0.641. The van der Waals surface area contributed by atoms with E-state index in [9.17, 15) is 0 Å². The Hall–Kier alpha value is -1.49. The summed E-state index contributed by atoms with van der Waals surface area (Å²) in [5.41, 5.74) is 1.44. The van der Waals surface area contributed by atoms with E-state index in [2.05, 4.69) is 5.32 Å². The third kappa shape index (κ3) is 1.26. The van der Waals surface area contributed by atoms with Gasteiger partial charge in [-0.3, -0.25) is 0 Å². The first-order chi connectivity index (χ1) is 4.86. The standard InChI is InChI=1S/C8H6N2/c1-10-8-4-2-7(6-9)3-5-8/h1-5,10H. The smallest absolute Gasteiger partial charge is 0.0991 e. The van der Waals surface area contributed by atoms with E-state index >= 15 is 0 Å². The van der Waals surface area contributed by atoms with Crippen LogP contribution in [0.1, 0.15) is 5.56 Å². The van der Waals surface area contributed by atoms with Crippen LogP contribution in [0.25, 0.3) is 0 Å². The van der Waals surface area contributed by atoms with E-state index in [0.717, 1.165) is 5.69 Å². The zero-order valence-corrected chi connectivity index (χ0v) is 5.33. The van der Waals surface area contributed by atoms with Gasteiger partial charge in [-0.05, 0) is 24.3 Å². The summed E-state index contributed by atoms with van der Waals surface area (Å²) in [4.78, 5) is 0. The van der Waals surface area contributed by atoms with Crippen LogP contribution in [-0.4, -0.2) is 0 Å². The lowest BCUT2D eigenvalue weighted by molar-refractivity contribution is 1.48. The Morgan fingerprint density at radius 3 is 2.30 bits per heavy atom. The summed E-state index contributed by atoms with van der Waals surface area (Å²) in [5, 5.41) is 10.9.